The maximum Gasteiger partial charge on any atom is 0.162 e. The molecule has 0 atom stereocenters. The molecule has 7 heteroatoms. The van der Waals surface area contributed by atoms with Crippen molar-refractivity contribution in [3.8, 4) is 11.5 Å². The van der Waals surface area contributed by atoms with E-state index in [1.165, 1.54) is 0 Å². The Morgan fingerprint density at radius 2 is 1.96 bits per heavy atom. The molecular weight excluding hydrogens is 403 g/mol. The maximum absolute atomic E-state index is 5.96. The van der Waals surface area contributed by atoms with Crippen molar-refractivity contribution in [2.45, 2.75) is 6.92 Å². The lowest BCUT2D eigenvalue weighted by molar-refractivity contribution is 0.310. The van der Waals surface area contributed by atoms with Gasteiger partial charge in [0, 0.05) is 10.0 Å². The third-order valence-electron chi connectivity index (χ3n) is 2.90. The predicted molar refractivity (Wildman–Crippen MR) is 99.5 cm³/mol. The fourth-order valence-corrected chi connectivity index (χ4v) is 2.54. The summed E-state index contributed by atoms with van der Waals surface area (Å²) in [5, 5.41) is 5.16. The minimum Gasteiger partial charge on any atom is -0.493 e. The third-order valence-corrected chi connectivity index (χ3v) is 4.33. The first-order valence-corrected chi connectivity index (χ1v) is 8.34. The highest BCUT2D eigenvalue weighted by Gasteiger charge is 2.08. The van der Waals surface area contributed by atoms with Crippen molar-refractivity contribution in [1.29, 1.82) is 0 Å². The number of halogens is 3. The molecule has 0 fully saturated rings. The largest absolute Gasteiger partial charge is 0.493 e. The highest BCUT2D eigenvalue weighted by Crippen LogP contribution is 2.33. The number of rotatable bonds is 6. The minimum absolute atomic E-state index is 0.468. The molecule has 2 rings (SSSR count). The van der Waals surface area contributed by atoms with Crippen molar-refractivity contribution < 1.29 is 9.47 Å². The van der Waals surface area contributed by atoms with Crippen LogP contribution in [0.4, 0.5) is 5.69 Å². The fourth-order valence-electron chi connectivity index (χ4n) is 1.82. The Labute approximate surface area is 153 Å². The van der Waals surface area contributed by atoms with Crippen LogP contribution in [0.3, 0.4) is 0 Å². The van der Waals surface area contributed by atoms with Crippen LogP contribution in [-0.4, -0.2) is 19.9 Å². The van der Waals surface area contributed by atoms with Crippen molar-refractivity contribution in [2.75, 3.05) is 19.1 Å². The molecule has 2 aromatic carbocycles. The number of nitrogens with zero attached hydrogens (tertiary/aromatic N) is 1. The third kappa shape index (κ3) is 4.77. The van der Waals surface area contributed by atoms with Gasteiger partial charge in [-0.2, -0.15) is 5.10 Å². The lowest BCUT2D eigenvalue weighted by Gasteiger charge is -2.11. The SMILES string of the molecule is CCOc1cc(Br)c(/C=N\Nc2ccc(Cl)c(Cl)c2)cc1OC. The first kappa shape index (κ1) is 17.9. The number of hydrogen-bond donors (Lipinski definition) is 1. The lowest BCUT2D eigenvalue weighted by atomic mass is 10.2. The highest BCUT2D eigenvalue weighted by molar-refractivity contribution is 9.10. The van der Waals surface area contributed by atoms with E-state index in [1.807, 2.05) is 19.1 Å². The first-order valence-electron chi connectivity index (χ1n) is 6.79. The van der Waals surface area contributed by atoms with Gasteiger partial charge in [0.15, 0.2) is 11.5 Å². The number of nitrogens with one attached hydrogen (secondary N) is 1. The molecule has 0 aliphatic rings. The van der Waals surface area contributed by atoms with Crippen LogP contribution in [0.1, 0.15) is 12.5 Å². The second kappa shape index (κ2) is 8.43. The Morgan fingerprint density at radius 1 is 1.17 bits per heavy atom. The number of anilines is 1. The molecule has 0 aromatic heterocycles. The Morgan fingerprint density at radius 3 is 2.61 bits per heavy atom. The van der Waals surface area contributed by atoms with Crippen LogP contribution in [0.15, 0.2) is 39.9 Å². The fraction of sp³-hybridized carbons (Fsp3) is 0.188. The van der Waals surface area contributed by atoms with E-state index in [2.05, 4.69) is 26.5 Å². The second-order valence-corrected chi connectivity index (χ2v) is 6.13. The van der Waals surface area contributed by atoms with Gasteiger partial charge in [0.05, 0.1) is 35.7 Å². The molecule has 0 saturated carbocycles. The summed E-state index contributed by atoms with van der Waals surface area (Å²) in [6, 6.07) is 8.89. The van der Waals surface area contributed by atoms with Crippen LogP contribution < -0.4 is 14.9 Å². The number of benzene rings is 2. The van der Waals surface area contributed by atoms with Crippen molar-refractivity contribution >= 4 is 51.0 Å². The Hall–Kier alpha value is -1.43. The molecule has 0 spiro atoms. The topological polar surface area (TPSA) is 42.8 Å². The molecule has 122 valence electrons. The summed E-state index contributed by atoms with van der Waals surface area (Å²) >= 11 is 15.3. The lowest BCUT2D eigenvalue weighted by Crippen LogP contribution is -1.98. The highest BCUT2D eigenvalue weighted by atomic mass is 79.9. The van der Waals surface area contributed by atoms with E-state index in [1.54, 1.807) is 31.5 Å². The molecular formula is C16H15BrCl2N2O2. The van der Waals surface area contributed by atoms with E-state index < -0.39 is 0 Å². The number of methoxy groups -OCH3 is 1. The van der Waals surface area contributed by atoms with E-state index in [0.717, 1.165) is 15.7 Å². The standard InChI is InChI=1S/C16H15BrCl2N2O2/c1-3-23-16-8-12(17)10(6-15(16)22-2)9-20-21-11-4-5-13(18)14(19)7-11/h4-9,21H,3H2,1-2H3/b20-9-. The van der Waals surface area contributed by atoms with Crippen LogP contribution in [0.2, 0.25) is 10.0 Å². The van der Waals surface area contributed by atoms with Crippen molar-refractivity contribution in [1.82, 2.24) is 0 Å². The minimum atomic E-state index is 0.468. The molecule has 0 saturated heterocycles. The zero-order chi connectivity index (χ0) is 16.8. The number of hydrazone groups is 1. The number of ether oxygens (including phenoxy) is 2. The van der Waals surface area contributed by atoms with Gasteiger partial charge in [-0.1, -0.05) is 23.2 Å². The zero-order valence-electron chi connectivity index (χ0n) is 12.6. The van der Waals surface area contributed by atoms with E-state index in [9.17, 15) is 0 Å². The Bertz CT molecular complexity index is 723. The Kier molecular flexibility index (Phi) is 6.57. The molecule has 0 heterocycles. The van der Waals surface area contributed by atoms with Gasteiger partial charge in [-0.3, -0.25) is 5.43 Å². The summed E-state index contributed by atoms with van der Waals surface area (Å²) in [5.74, 6) is 1.32. The molecule has 0 unspecified atom stereocenters. The average molecular weight is 418 g/mol. The molecule has 0 aliphatic carbocycles. The van der Waals surface area contributed by atoms with Crippen molar-refractivity contribution in [3.05, 3.63) is 50.4 Å². The van der Waals surface area contributed by atoms with E-state index in [4.69, 9.17) is 32.7 Å². The van der Waals surface area contributed by atoms with Gasteiger partial charge in [-0.05, 0) is 53.2 Å². The van der Waals surface area contributed by atoms with Gasteiger partial charge < -0.3 is 9.47 Å². The van der Waals surface area contributed by atoms with Gasteiger partial charge in [0.2, 0.25) is 0 Å². The smallest absolute Gasteiger partial charge is 0.162 e. The van der Waals surface area contributed by atoms with Crippen LogP contribution in [0.5, 0.6) is 11.5 Å². The summed E-state index contributed by atoms with van der Waals surface area (Å²) in [7, 11) is 1.60. The summed E-state index contributed by atoms with van der Waals surface area (Å²) in [6.07, 6.45) is 1.67. The summed E-state index contributed by atoms with van der Waals surface area (Å²) in [6.45, 7) is 2.49. The van der Waals surface area contributed by atoms with Gasteiger partial charge in [0.25, 0.3) is 0 Å². The Balaban J connectivity index is 2.16. The zero-order valence-corrected chi connectivity index (χ0v) is 15.7. The predicted octanol–water partition coefficient (Wildman–Crippen LogP) is 5.61. The molecule has 0 amide bonds. The van der Waals surface area contributed by atoms with Gasteiger partial charge in [-0.15, -0.1) is 0 Å². The molecule has 0 bridgehead atoms. The van der Waals surface area contributed by atoms with Crippen LogP contribution >= 0.6 is 39.1 Å². The molecule has 2 aromatic rings. The van der Waals surface area contributed by atoms with Crippen LogP contribution in [0.25, 0.3) is 0 Å². The molecule has 1 N–H and O–H groups in total. The maximum atomic E-state index is 5.96. The molecule has 23 heavy (non-hydrogen) atoms. The summed E-state index contributed by atoms with van der Waals surface area (Å²) < 4.78 is 11.7. The quantitative estimate of drug-likeness (QED) is 0.490. The summed E-state index contributed by atoms with van der Waals surface area (Å²) in [5.41, 5.74) is 4.48. The first-order chi connectivity index (χ1) is 11.0. The molecule has 4 nitrogen and oxygen atoms in total. The molecule has 0 aliphatic heterocycles. The van der Waals surface area contributed by atoms with Crippen LogP contribution in [0, 0.1) is 0 Å². The van der Waals surface area contributed by atoms with Gasteiger partial charge in [-0.25, -0.2) is 0 Å². The van der Waals surface area contributed by atoms with Crippen LogP contribution in [-0.2, 0) is 0 Å². The van der Waals surface area contributed by atoms with Gasteiger partial charge in [0.1, 0.15) is 0 Å². The monoisotopic (exact) mass is 416 g/mol. The second-order valence-electron chi connectivity index (χ2n) is 4.46. The van der Waals surface area contributed by atoms with Gasteiger partial charge >= 0.3 is 0 Å². The van der Waals surface area contributed by atoms with E-state index >= 15 is 0 Å². The normalized spacial score (nSPS) is 10.8. The van der Waals surface area contributed by atoms with E-state index in [0.29, 0.717) is 28.2 Å². The number of hydrogen-bond acceptors (Lipinski definition) is 4. The summed E-state index contributed by atoms with van der Waals surface area (Å²) in [4.78, 5) is 0. The molecule has 0 radical (unpaired) electrons. The van der Waals surface area contributed by atoms with Crippen molar-refractivity contribution in [3.63, 3.8) is 0 Å². The average Bonchev–Trinajstić information content (AvgIpc) is 2.53. The van der Waals surface area contributed by atoms with Crippen molar-refractivity contribution in [2.24, 2.45) is 5.10 Å². The van der Waals surface area contributed by atoms with E-state index in [-0.39, 0.29) is 0 Å².